The molecule has 5 heteroatoms. The number of benzene rings is 1. The van der Waals surface area contributed by atoms with Crippen LogP contribution in [0.5, 0.6) is 0 Å². The predicted octanol–water partition coefficient (Wildman–Crippen LogP) is 3.72. The smallest absolute Gasteiger partial charge is 0.320 e. The Kier molecular flexibility index (Phi) is 4.73. The van der Waals surface area contributed by atoms with E-state index in [0.717, 1.165) is 18.5 Å². The van der Waals surface area contributed by atoms with E-state index < -0.39 is 0 Å². The molecule has 0 atom stereocenters. The van der Waals surface area contributed by atoms with E-state index in [1.807, 2.05) is 36.5 Å². The first kappa shape index (κ1) is 14.6. The van der Waals surface area contributed by atoms with E-state index in [4.69, 9.17) is 0 Å². The van der Waals surface area contributed by atoms with Gasteiger partial charge in [-0.25, -0.2) is 9.48 Å². The summed E-state index contributed by atoms with van der Waals surface area (Å²) in [6, 6.07) is 11.8. The van der Waals surface area contributed by atoms with Crippen molar-refractivity contribution in [1.29, 1.82) is 0 Å². The molecule has 1 aromatic carbocycles. The molecule has 1 aliphatic carbocycles. The SMILES string of the molecule is O=C(Nc1ccn(-c2ccccc2)n1)NC1CCCCCC1. The number of para-hydroxylation sites is 1. The molecule has 0 bridgehead atoms. The summed E-state index contributed by atoms with van der Waals surface area (Å²) in [7, 11) is 0. The molecule has 5 nitrogen and oxygen atoms in total. The topological polar surface area (TPSA) is 59.0 Å². The van der Waals surface area contributed by atoms with Gasteiger partial charge in [-0.1, -0.05) is 43.9 Å². The molecule has 2 N–H and O–H groups in total. The average molecular weight is 298 g/mol. The second-order valence-corrected chi connectivity index (χ2v) is 5.77. The number of hydrogen-bond donors (Lipinski definition) is 2. The fourth-order valence-electron chi connectivity index (χ4n) is 2.88. The Labute approximate surface area is 130 Å². The number of nitrogens with one attached hydrogen (secondary N) is 2. The largest absolute Gasteiger partial charge is 0.335 e. The minimum absolute atomic E-state index is 0.162. The molecule has 2 amide bonds. The number of anilines is 1. The van der Waals surface area contributed by atoms with E-state index in [1.54, 1.807) is 10.7 Å². The maximum absolute atomic E-state index is 12.1. The van der Waals surface area contributed by atoms with Crippen LogP contribution in [-0.2, 0) is 0 Å². The van der Waals surface area contributed by atoms with E-state index in [9.17, 15) is 4.79 Å². The van der Waals surface area contributed by atoms with Crippen molar-refractivity contribution in [1.82, 2.24) is 15.1 Å². The molecule has 3 rings (SSSR count). The van der Waals surface area contributed by atoms with Crippen LogP contribution < -0.4 is 10.6 Å². The number of carbonyl (C=O) groups is 1. The number of hydrogen-bond acceptors (Lipinski definition) is 2. The molecule has 0 unspecified atom stereocenters. The third-order valence-electron chi connectivity index (χ3n) is 4.04. The van der Waals surface area contributed by atoms with Gasteiger partial charge in [-0.2, -0.15) is 0 Å². The Bertz CT molecular complexity index is 600. The Morgan fingerprint density at radius 3 is 2.50 bits per heavy atom. The van der Waals surface area contributed by atoms with E-state index in [2.05, 4.69) is 15.7 Å². The lowest BCUT2D eigenvalue weighted by atomic mass is 10.1. The zero-order chi connectivity index (χ0) is 15.2. The van der Waals surface area contributed by atoms with Crippen molar-refractivity contribution in [3.63, 3.8) is 0 Å². The standard InChI is InChI=1S/C17H22N4O/c22-17(18-14-8-4-1-2-5-9-14)19-16-12-13-21(20-16)15-10-6-3-7-11-15/h3,6-7,10-14H,1-2,4-5,8-9H2,(H2,18,19,20,22). The van der Waals surface area contributed by atoms with Gasteiger partial charge in [0, 0.05) is 18.3 Å². The number of amides is 2. The first-order valence-electron chi connectivity index (χ1n) is 8.00. The second kappa shape index (κ2) is 7.11. The van der Waals surface area contributed by atoms with E-state index in [0.29, 0.717) is 11.9 Å². The molecule has 1 aliphatic rings. The Hall–Kier alpha value is -2.30. The maximum atomic E-state index is 12.1. The summed E-state index contributed by atoms with van der Waals surface area (Å²) in [5.74, 6) is 0.565. The van der Waals surface area contributed by atoms with E-state index in [1.165, 1.54) is 25.7 Å². The zero-order valence-electron chi connectivity index (χ0n) is 12.7. The van der Waals surface area contributed by atoms with Gasteiger partial charge in [-0.15, -0.1) is 5.10 Å². The molecular formula is C17H22N4O. The van der Waals surface area contributed by atoms with Crippen LogP contribution in [0.1, 0.15) is 38.5 Å². The van der Waals surface area contributed by atoms with Gasteiger partial charge < -0.3 is 5.32 Å². The van der Waals surface area contributed by atoms with Crippen LogP contribution in [0, 0.1) is 0 Å². The molecular weight excluding hydrogens is 276 g/mol. The van der Waals surface area contributed by atoms with Crippen LogP contribution in [0.25, 0.3) is 5.69 Å². The third kappa shape index (κ3) is 3.87. The lowest BCUT2D eigenvalue weighted by Gasteiger charge is -2.15. The summed E-state index contributed by atoms with van der Waals surface area (Å²) in [5.41, 5.74) is 0.972. The fourth-order valence-corrected chi connectivity index (χ4v) is 2.88. The summed E-state index contributed by atoms with van der Waals surface area (Å²) < 4.78 is 1.75. The molecule has 0 saturated heterocycles. The highest BCUT2D eigenvalue weighted by atomic mass is 16.2. The van der Waals surface area contributed by atoms with Crippen LogP contribution in [0.15, 0.2) is 42.6 Å². The third-order valence-corrected chi connectivity index (χ3v) is 4.04. The normalized spacial score (nSPS) is 16.0. The van der Waals surface area contributed by atoms with Crippen LogP contribution in [0.4, 0.5) is 10.6 Å². The Morgan fingerprint density at radius 1 is 1.05 bits per heavy atom. The molecule has 1 fully saturated rings. The van der Waals surface area contributed by atoms with E-state index >= 15 is 0 Å². The Balaban J connectivity index is 1.56. The number of carbonyl (C=O) groups excluding carboxylic acids is 1. The lowest BCUT2D eigenvalue weighted by Crippen LogP contribution is -2.37. The van der Waals surface area contributed by atoms with Crippen LogP contribution in [0.3, 0.4) is 0 Å². The van der Waals surface area contributed by atoms with Gasteiger partial charge in [0.1, 0.15) is 0 Å². The van der Waals surface area contributed by atoms with Crippen molar-refractivity contribution in [2.75, 3.05) is 5.32 Å². The highest BCUT2D eigenvalue weighted by molar-refractivity contribution is 5.88. The minimum Gasteiger partial charge on any atom is -0.335 e. The second-order valence-electron chi connectivity index (χ2n) is 5.77. The van der Waals surface area contributed by atoms with Crippen LogP contribution in [0.2, 0.25) is 0 Å². The van der Waals surface area contributed by atoms with Crippen molar-refractivity contribution in [3.05, 3.63) is 42.6 Å². The average Bonchev–Trinajstić information content (AvgIpc) is 2.84. The number of nitrogens with zero attached hydrogens (tertiary/aromatic N) is 2. The predicted molar refractivity (Wildman–Crippen MR) is 87.2 cm³/mol. The lowest BCUT2D eigenvalue weighted by molar-refractivity contribution is 0.247. The van der Waals surface area contributed by atoms with Crippen molar-refractivity contribution in [2.45, 2.75) is 44.6 Å². The van der Waals surface area contributed by atoms with Gasteiger partial charge in [0.15, 0.2) is 5.82 Å². The van der Waals surface area contributed by atoms with Crippen LogP contribution in [-0.4, -0.2) is 21.9 Å². The fraction of sp³-hybridized carbons (Fsp3) is 0.412. The summed E-state index contributed by atoms with van der Waals surface area (Å²) >= 11 is 0. The van der Waals surface area contributed by atoms with Gasteiger partial charge >= 0.3 is 6.03 Å². The monoisotopic (exact) mass is 298 g/mol. The molecule has 22 heavy (non-hydrogen) atoms. The summed E-state index contributed by atoms with van der Waals surface area (Å²) in [5, 5.41) is 10.3. The molecule has 0 aliphatic heterocycles. The maximum Gasteiger partial charge on any atom is 0.320 e. The first-order chi connectivity index (χ1) is 10.8. The number of urea groups is 1. The van der Waals surface area contributed by atoms with Gasteiger partial charge in [-0.05, 0) is 25.0 Å². The Morgan fingerprint density at radius 2 is 1.77 bits per heavy atom. The molecule has 0 radical (unpaired) electrons. The first-order valence-corrected chi connectivity index (χ1v) is 8.00. The van der Waals surface area contributed by atoms with Crippen molar-refractivity contribution in [2.24, 2.45) is 0 Å². The minimum atomic E-state index is -0.162. The van der Waals surface area contributed by atoms with Crippen molar-refractivity contribution >= 4 is 11.8 Å². The highest BCUT2D eigenvalue weighted by Gasteiger charge is 2.15. The van der Waals surface area contributed by atoms with Gasteiger partial charge in [0.2, 0.25) is 0 Å². The van der Waals surface area contributed by atoms with Crippen molar-refractivity contribution in [3.8, 4) is 5.69 Å². The van der Waals surface area contributed by atoms with Crippen molar-refractivity contribution < 1.29 is 4.79 Å². The molecule has 0 spiro atoms. The molecule has 1 heterocycles. The molecule has 2 aromatic rings. The molecule has 1 saturated carbocycles. The summed E-state index contributed by atoms with van der Waals surface area (Å²) in [6.45, 7) is 0. The number of rotatable bonds is 3. The molecule has 1 aromatic heterocycles. The van der Waals surface area contributed by atoms with E-state index in [-0.39, 0.29) is 6.03 Å². The highest BCUT2D eigenvalue weighted by Crippen LogP contribution is 2.17. The summed E-state index contributed by atoms with van der Waals surface area (Å²) in [4.78, 5) is 12.1. The van der Waals surface area contributed by atoms with Crippen LogP contribution >= 0.6 is 0 Å². The van der Waals surface area contributed by atoms with Gasteiger partial charge in [-0.3, -0.25) is 5.32 Å². The molecule has 116 valence electrons. The number of aromatic nitrogens is 2. The zero-order valence-corrected chi connectivity index (χ0v) is 12.7. The van der Waals surface area contributed by atoms with Gasteiger partial charge in [0.05, 0.1) is 5.69 Å². The summed E-state index contributed by atoms with van der Waals surface area (Å²) in [6.07, 6.45) is 8.96. The van der Waals surface area contributed by atoms with Gasteiger partial charge in [0.25, 0.3) is 0 Å². The quantitative estimate of drug-likeness (QED) is 0.848.